The van der Waals surface area contributed by atoms with Crippen molar-refractivity contribution in [1.29, 1.82) is 0 Å². The van der Waals surface area contributed by atoms with Gasteiger partial charge in [0.05, 0.1) is 26.4 Å². The van der Waals surface area contributed by atoms with Gasteiger partial charge in [-0.25, -0.2) is 0 Å². The zero-order valence-corrected chi connectivity index (χ0v) is 26.2. The number of rotatable bonds is 12. The van der Waals surface area contributed by atoms with E-state index < -0.39 is 0 Å². The highest BCUT2D eigenvalue weighted by Gasteiger charge is 2.52. The Hall–Kier alpha value is -2.35. The predicted octanol–water partition coefficient (Wildman–Crippen LogP) is 7.11. The van der Waals surface area contributed by atoms with Crippen LogP contribution in [0.1, 0.15) is 44.1 Å². The molecule has 1 heterocycles. The molecule has 6 nitrogen and oxygen atoms in total. The first kappa shape index (κ1) is 30.7. The number of hydrogen-bond donors (Lipinski definition) is 0. The fourth-order valence-electron chi connectivity index (χ4n) is 8.60. The number of nitrogens with zero attached hydrogens (tertiary/aromatic N) is 1. The first-order valence-corrected chi connectivity index (χ1v) is 16.0. The van der Waals surface area contributed by atoms with Crippen LogP contribution < -0.4 is 9.47 Å². The maximum absolute atomic E-state index is 6.38. The van der Waals surface area contributed by atoms with E-state index in [1.54, 1.807) is 7.11 Å². The molecule has 5 aliphatic rings. The van der Waals surface area contributed by atoms with E-state index in [4.69, 9.17) is 23.7 Å². The van der Waals surface area contributed by atoms with Crippen LogP contribution in [0, 0.1) is 17.8 Å². The second-order valence-electron chi connectivity index (χ2n) is 13.1. The third-order valence-corrected chi connectivity index (χ3v) is 10.2. The molecular weight excluding hydrogens is 562 g/mol. The van der Waals surface area contributed by atoms with E-state index in [9.17, 15) is 0 Å². The monoisotopic (exact) mass is 607 g/mol. The lowest BCUT2D eigenvalue weighted by atomic mass is 9.48. The van der Waals surface area contributed by atoms with Crippen molar-refractivity contribution in [3.05, 3.63) is 60.2 Å². The highest BCUT2D eigenvalue weighted by molar-refractivity contribution is 5.89. The fraction of sp³-hybridized carbons (Fsp3) is 0.556. The van der Waals surface area contributed by atoms with Crippen LogP contribution in [-0.4, -0.2) is 71.5 Å². The van der Waals surface area contributed by atoms with Crippen molar-refractivity contribution >= 4 is 23.2 Å². The first-order chi connectivity index (χ1) is 20.7. The Morgan fingerprint density at radius 3 is 2.16 bits per heavy atom. The normalized spacial score (nSPS) is 26.4. The molecule has 0 aromatic heterocycles. The van der Waals surface area contributed by atoms with Gasteiger partial charge in [-0.2, -0.15) is 0 Å². The van der Waals surface area contributed by atoms with Crippen molar-refractivity contribution in [2.45, 2.75) is 43.9 Å². The van der Waals surface area contributed by atoms with E-state index in [2.05, 4.69) is 59.5 Å². The molecule has 0 unspecified atom stereocenters. The summed E-state index contributed by atoms with van der Waals surface area (Å²) in [4.78, 5) is 2.40. The SMILES string of the molecule is COCCOCOc1cc2ccc(-c3ccc(OCCN4CCOCC4)cc3)cc2cc1C12CC3CC(CC(C3)C1)C2.Cl. The van der Waals surface area contributed by atoms with E-state index in [1.165, 1.54) is 66.0 Å². The van der Waals surface area contributed by atoms with E-state index in [1.807, 2.05) is 0 Å². The molecule has 7 heteroatoms. The molecule has 0 amide bonds. The zero-order chi connectivity index (χ0) is 28.4. The Kier molecular flexibility index (Phi) is 9.80. The summed E-state index contributed by atoms with van der Waals surface area (Å²) in [5.74, 6) is 4.55. The molecule has 1 aliphatic heterocycles. The highest BCUT2D eigenvalue weighted by Crippen LogP contribution is 2.62. The third kappa shape index (κ3) is 6.84. The zero-order valence-electron chi connectivity index (χ0n) is 25.4. The van der Waals surface area contributed by atoms with Crippen molar-refractivity contribution in [2.75, 3.05) is 66.6 Å². The molecule has 3 aromatic carbocycles. The predicted molar refractivity (Wildman–Crippen MR) is 173 cm³/mol. The van der Waals surface area contributed by atoms with Crippen LogP contribution in [0.25, 0.3) is 21.9 Å². The molecule has 0 atom stereocenters. The van der Waals surface area contributed by atoms with Crippen molar-refractivity contribution in [2.24, 2.45) is 17.8 Å². The number of morpholine rings is 1. The van der Waals surface area contributed by atoms with Gasteiger partial charge in [-0.05, 0) is 114 Å². The Bertz CT molecular complexity index is 1320. The molecule has 4 saturated carbocycles. The van der Waals surface area contributed by atoms with Gasteiger partial charge in [0.1, 0.15) is 18.1 Å². The number of fused-ring (bicyclic) bond motifs is 1. The van der Waals surface area contributed by atoms with Crippen LogP contribution in [0.2, 0.25) is 0 Å². The minimum absolute atomic E-state index is 0. The van der Waals surface area contributed by atoms with Crippen molar-refractivity contribution < 1.29 is 23.7 Å². The number of ether oxygens (including phenoxy) is 5. The van der Waals surface area contributed by atoms with Gasteiger partial charge >= 0.3 is 0 Å². The molecule has 232 valence electrons. The third-order valence-electron chi connectivity index (χ3n) is 10.2. The molecule has 0 radical (unpaired) electrons. The summed E-state index contributed by atoms with van der Waals surface area (Å²) >= 11 is 0. The van der Waals surface area contributed by atoms with Gasteiger partial charge in [-0.1, -0.05) is 24.3 Å². The summed E-state index contributed by atoms with van der Waals surface area (Å²) in [5.41, 5.74) is 4.09. The minimum atomic E-state index is 0. The molecule has 5 fully saturated rings. The van der Waals surface area contributed by atoms with Crippen LogP contribution >= 0.6 is 12.4 Å². The van der Waals surface area contributed by atoms with E-state index >= 15 is 0 Å². The van der Waals surface area contributed by atoms with Crippen LogP contribution in [0.3, 0.4) is 0 Å². The molecule has 43 heavy (non-hydrogen) atoms. The van der Waals surface area contributed by atoms with Crippen LogP contribution in [0.4, 0.5) is 0 Å². The maximum Gasteiger partial charge on any atom is 0.189 e. The van der Waals surface area contributed by atoms with Crippen molar-refractivity contribution in [3.63, 3.8) is 0 Å². The lowest BCUT2D eigenvalue weighted by Gasteiger charge is -2.57. The van der Waals surface area contributed by atoms with Gasteiger partial charge < -0.3 is 23.7 Å². The number of benzene rings is 3. The molecule has 0 N–H and O–H groups in total. The molecule has 3 aromatic rings. The summed E-state index contributed by atoms with van der Waals surface area (Å²) in [6.07, 6.45) is 8.20. The number of halogens is 1. The molecule has 4 bridgehead atoms. The van der Waals surface area contributed by atoms with Gasteiger partial charge in [-0.15, -0.1) is 12.4 Å². The quantitative estimate of drug-likeness (QED) is 0.162. The molecule has 1 saturated heterocycles. The Balaban J connectivity index is 0.00000329. The van der Waals surface area contributed by atoms with E-state index in [0.29, 0.717) is 19.8 Å². The number of hydrogen-bond acceptors (Lipinski definition) is 6. The first-order valence-electron chi connectivity index (χ1n) is 16.0. The molecule has 4 aliphatic carbocycles. The summed E-state index contributed by atoms with van der Waals surface area (Å²) in [7, 11) is 1.70. The van der Waals surface area contributed by atoms with Gasteiger partial charge in [0, 0.05) is 32.3 Å². The topological polar surface area (TPSA) is 49.4 Å². The minimum Gasteiger partial charge on any atom is -0.492 e. The lowest BCUT2D eigenvalue weighted by Crippen LogP contribution is -2.48. The molecular formula is C36H46ClNO5. The summed E-state index contributed by atoms with van der Waals surface area (Å²) in [5, 5.41) is 2.50. The standard InChI is InChI=1S/C36H45NO5.ClH/c1-38-14-15-40-25-42-35-21-31-3-2-30(29-4-6-33(7-5-29)41-13-10-37-8-11-39-12-9-37)19-32(31)20-34(35)36-22-26-16-27(23-36)18-28(17-26)24-36;/h2-7,19-21,26-28H,8-18,22-25H2,1H3;1H. The largest absolute Gasteiger partial charge is 0.492 e. The lowest BCUT2D eigenvalue weighted by molar-refractivity contribution is -0.0188. The van der Waals surface area contributed by atoms with Gasteiger partial charge in [-0.3, -0.25) is 4.90 Å². The maximum atomic E-state index is 6.38. The number of methoxy groups -OCH3 is 1. The summed E-state index contributed by atoms with van der Waals surface area (Å²) in [6.45, 7) is 6.63. The van der Waals surface area contributed by atoms with E-state index in [0.717, 1.165) is 62.1 Å². The molecule has 8 rings (SSSR count). The van der Waals surface area contributed by atoms with Crippen LogP contribution in [0.15, 0.2) is 54.6 Å². The average Bonchev–Trinajstić information content (AvgIpc) is 3.00. The van der Waals surface area contributed by atoms with Gasteiger partial charge in [0.2, 0.25) is 0 Å². The second kappa shape index (κ2) is 13.7. The Morgan fingerprint density at radius 1 is 0.767 bits per heavy atom. The Morgan fingerprint density at radius 2 is 1.47 bits per heavy atom. The summed E-state index contributed by atoms with van der Waals surface area (Å²) < 4.78 is 28.8. The van der Waals surface area contributed by atoms with E-state index in [-0.39, 0.29) is 24.6 Å². The summed E-state index contributed by atoms with van der Waals surface area (Å²) in [6, 6.07) is 20.1. The van der Waals surface area contributed by atoms with Crippen LogP contribution in [0.5, 0.6) is 11.5 Å². The van der Waals surface area contributed by atoms with Gasteiger partial charge in [0.15, 0.2) is 6.79 Å². The van der Waals surface area contributed by atoms with Crippen LogP contribution in [-0.2, 0) is 19.6 Å². The van der Waals surface area contributed by atoms with Gasteiger partial charge in [0.25, 0.3) is 0 Å². The highest BCUT2D eigenvalue weighted by atomic mass is 35.5. The smallest absolute Gasteiger partial charge is 0.189 e. The van der Waals surface area contributed by atoms with Crippen molar-refractivity contribution in [1.82, 2.24) is 4.90 Å². The average molecular weight is 608 g/mol. The fourth-order valence-corrected chi connectivity index (χ4v) is 8.60. The Labute approximate surface area is 262 Å². The second-order valence-corrected chi connectivity index (χ2v) is 13.1. The molecule has 0 spiro atoms. The van der Waals surface area contributed by atoms with Crippen molar-refractivity contribution in [3.8, 4) is 22.6 Å².